The van der Waals surface area contributed by atoms with Gasteiger partial charge in [-0.1, -0.05) is 12.1 Å². The van der Waals surface area contributed by atoms with E-state index in [0.29, 0.717) is 12.1 Å². The maximum absolute atomic E-state index is 13.3. The summed E-state index contributed by atoms with van der Waals surface area (Å²) in [5, 5.41) is 10.8. The number of halogens is 3. The lowest BCUT2D eigenvalue weighted by molar-refractivity contribution is -0.255. The molecule has 10 heteroatoms. The standard InChI is InChI=1S/C14H10F3NO5S/c15-10-6-5-8(7-9(10)13(19)20)24(21,22)18-11-3-1-2-4-12(11)23-14(16)17/h1-7,14,18H,(H,19,20)/p-1. The summed E-state index contributed by atoms with van der Waals surface area (Å²) in [6.45, 7) is -3.17. The maximum atomic E-state index is 13.3. The van der Waals surface area contributed by atoms with Crippen molar-refractivity contribution in [2.75, 3.05) is 4.72 Å². The Labute approximate surface area is 134 Å². The van der Waals surface area contributed by atoms with Crippen molar-refractivity contribution in [3.05, 3.63) is 53.8 Å². The van der Waals surface area contributed by atoms with E-state index in [2.05, 4.69) is 4.74 Å². The van der Waals surface area contributed by atoms with Gasteiger partial charge in [-0.3, -0.25) is 4.72 Å². The molecule has 0 spiro atoms. The van der Waals surface area contributed by atoms with Crippen LogP contribution in [0.25, 0.3) is 0 Å². The van der Waals surface area contributed by atoms with E-state index in [0.717, 1.165) is 12.1 Å². The average Bonchev–Trinajstić information content (AvgIpc) is 2.48. The first-order valence-electron chi connectivity index (χ1n) is 6.28. The average molecular weight is 360 g/mol. The van der Waals surface area contributed by atoms with E-state index in [1.807, 2.05) is 4.72 Å². The largest absolute Gasteiger partial charge is 0.545 e. The Balaban J connectivity index is 2.40. The van der Waals surface area contributed by atoms with Gasteiger partial charge >= 0.3 is 6.61 Å². The number of carboxylic acids is 1. The smallest absolute Gasteiger partial charge is 0.387 e. The lowest BCUT2D eigenvalue weighted by Crippen LogP contribution is -2.24. The van der Waals surface area contributed by atoms with Crippen LogP contribution in [-0.4, -0.2) is 21.0 Å². The molecule has 6 nitrogen and oxygen atoms in total. The van der Waals surface area contributed by atoms with Crippen molar-refractivity contribution in [3.8, 4) is 5.75 Å². The van der Waals surface area contributed by atoms with Crippen molar-refractivity contribution in [3.63, 3.8) is 0 Å². The van der Waals surface area contributed by atoms with Gasteiger partial charge in [0.2, 0.25) is 0 Å². The Bertz CT molecular complexity index is 870. The summed E-state index contributed by atoms with van der Waals surface area (Å²) in [6.07, 6.45) is 0. The first-order chi connectivity index (χ1) is 11.2. The molecule has 2 aromatic rings. The van der Waals surface area contributed by atoms with E-state index in [9.17, 15) is 31.5 Å². The number of carbonyl (C=O) groups is 1. The summed E-state index contributed by atoms with van der Waals surface area (Å²) in [5.74, 6) is -3.50. The maximum Gasteiger partial charge on any atom is 0.387 e. The fraction of sp³-hybridized carbons (Fsp3) is 0.0714. The van der Waals surface area contributed by atoms with Crippen molar-refractivity contribution in [2.24, 2.45) is 0 Å². The zero-order valence-corrected chi connectivity index (χ0v) is 12.5. The molecule has 128 valence electrons. The van der Waals surface area contributed by atoms with Crippen LogP contribution in [0.3, 0.4) is 0 Å². The van der Waals surface area contributed by atoms with Gasteiger partial charge in [-0.2, -0.15) is 8.78 Å². The number of carbonyl (C=O) groups excluding carboxylic acids is 1. The lowest BCUT2D eigenvalue weighted by Gasteiger charge is -2.14. The fourth-order valence-corrected chi connectivity index (χ4v) is 2.88. The molecule has 0 aliphatic carbocycles. The van der Waals surface area contributed by atoms with Gasteiger partial charge in [-0.05, 0) is 30.3 Å². The van der Waals surface area contributed by atoms with Gasteiger partial charge < -0.3 is 14.6 Å². The Kier molecular flexibility index (Phi) is 4.98. The number of para-hydroxylation sites is 2. The minimum Gasteiger partial charge on any atom is -0.545 e. The third kappa shape index (κ3) is 3.96. The molecule has 0 bridgehead atoms. The van der Waals surface area contributed by atoms with Crippen LogP contribution in [0.5, 0.6) is 5.75 Å². The second kappa shape index (κ2) is 6.79. The number of hydrogen-bond acceptors (Lipinski definition) is 5. The van der Waals surface area contributed by atoms with Crippen LogP contribution >= 0.6 is 0 Å². The number of hydrogen-bond donors (Lipinski definition) is 1. The minimum absolute atomic E-state index is 0.294. The zero-order chi connectivity index (χ0) is 17.9. The van der Waals surface area contributed by atoms with Crippen LogP contribution in [0.1, 0.15) is 10.4 Å². The highest BCUT2D eigenvalue weighted by Gasteiger charge is 2.19. The first kappa shape index (κ1) is 17.6. The number of rotatable bonds is 6. The topological polar surface area (TPSA) is 95.5 Å². The van der Waals surface area contributed by atoms with E-state index in [1.165, 1.54) is 18.2 Å². The number of carboxylic acid groups (broad SMARTS) is 1. The molecule has 2 rings (SSSR count). The number of nitrogens with one attached hydrogen (secondary N) is 1. The van der Waals surface area contributed by atoms with Crippen LogP contribution in [0, 0.1) is 5.82 Å². The molecule has 1 N–H and O–H groups in total. The van der Waals surface area contributed by atoms with Crippen molar-refractivity contribution in [1.29, 1.82) is 0 Å². The number of sulfonamides is 1. The quantitative estimate of drug-likeness (QED) is 0.844. The number of benzene rings is 2. The van der Waals surface area contributed by atoms with Gasteiger partial charge in [0.05, 0.1) is 16.6 Å². The van der Waals surface area contributed by atoms with Crippen LogP contribution in [-0.2, 0) is 10.0 Å². The van der Waals surface area contributed by atoms with Crippen molar-refractivity contribution in [2.45, 2.75) is 11.5 Å². The molecule has 0 amide bonds. The van der Waals surface area contributed by atoms with E-state index in [-0.39, 0.29) is 5.69 Å². The lowest BCUT2D eigenvalue weighted by atomic mass is 10.2. The van der Waals surface area contributed by atoms with E-state index >= 15 is 0 Å². The summed E-state index contributed by atoms with van der Waals surface area (Å²) in [6, 6.07) is 7.01. The predicted molar refractivity (Wildman–Crippen MR) is 74.6 cm³/mol. The molecule has 0 aliphatic rings. The Morgan fingerprint density at radius 3 is 2.46 bits per heavy atom. The summed E-state index contributed by atoms with van der Waals surface area (Å²) in [5.41, 5.74) is -1.24. The van der Waals surface area contributed by atoms with Crippen LogP contribution in [0.15, 0.2) is 47.4 Å². The molecule has 0 aliphatic heterocycles. The highest BCUT2D eigenvalue weighted by molar-refractivity contribution is 7.92. The fourth-order valence-electron chi connectivity index (χ4n) is 1.78. The van der Waals surface area contributed by atoms with Crippen LogP contribution < -0.4 is 14.6 Å². The molecule has 24 heavy (non-hydrogen) atoms. The molecule has 0 saturated carbocycles. The molecular weight excluding hydrogens is 351 g/mol. The SMILES string of the molecule is O=C([O-])c1cc(S(=O)(=O)Nc2ccccc2OC(F)F)ccc1F. The number of alkyl halides is 2. The molecule has 0 saturated heterocycles. The molecule has 0 radical (unpaired) electrons. The van der Waals surface area contributed by atoms with Gasteiger partial charge in [-0.15, -0.1) is 0 Å². The molecular formula is C14H9F3NO5S-. The normalized spacial score (nSPS) is 11.3. The molecule has 2 aromatic carbocycles. The van der Waals surface area contributed by atoms with Gasteiger partial charge in [0.15, 0.2) is 0 Å². The van der Waals surface area contributed by atoms with Gasteiger partial charge in [0.1, 0.15) is 11.6 Å². The highest BCUT2D eigenvalue weighted by atomic mass is 32.2. The zero-order valence-electron chi connectivity index (χ0n) is 11.7. The second-order valence-electron chi connectivity index (χ2n) is 4.41. The molecule has 0 aromatic heterocycles. The third-order valence-corrected chi connectivity index (χ3v) is 4.18. The van der Waals surface area contributed by atoms with E-state index < -0.39 is 44.6 Å². The van der Waals surface area contributed by atoms with Crippen molar-refractivity contribution >= 4 is 21.7 Å². The molecule has 0 heterocycles. The third-order valence-electron chi connectivity index (χ3n) is 2.82. The van der Waals surface area contributed by atoms with Gasteiger partial charge in [-0.25, -0.2) is 12.8 Å². The van der Waals surface area contributed by atoms with Gasteiger partial charge in [0.25, 0.3) is 10.0 Å². The Hall–Kier alpha value is -2.75. The second-order valence-corrected chi connectivity index (χ2v) is 6.09. The van der Waals surface area contributed by atoms with E-state index in [4.69, 9.17) is 0 Å². The number of anilines is 1. The first-order valence-corrected chi connectivity index (χ1v) is 7.76. The molecule has 0 fully saturated rings. The van der Waals surface area contributed by atoms with Crippen molar-refractivity contribution < 1.29 is 36.2 Å². The van der Waals surface area contributed by atoms with Crippen LogP contribution in [0.2, 0.25) is 0 Å². The van der Waals surface area contributed by atoms with Crippen LogP contribution in [0.4, 0.5) is 18.9 Å². The Morgan fingerprint density at radius 1 is 1.17 bits per heavy atom. The Morgan fingerprint density at radius 2 is 1.83 bits per heavy atom. The molecule has 0 unspecified atom stereocenters. The summed E-state index contributed by atoms with van der Waals surface area (Å²) >= 11 is 0. The number of ether oxygens (including phenoxy) is 1. The minimum atomic E-state index is -4.38. The summed E-state index contributed by atoms with van der Waals surface area (Å²) < 4.78 is 68.6. The van der Waals surface area contributed by atoms with E-state index in [1.54, 1.807) is 0 Å². The summed E-state index contributed by atoms with van der Waals surface area (Å²) in [7, 11) is -4.38. The predicted octanol–water partition coefficient (Wildman–Crippen LogP) is 1.59. The monoisotopic (exact) mass is 360 g/mol. The van der Waals surface area contributed by atoms with Crippen molar-refractivity contribution in [1.82, 2.24) is 0 Å². The van der Waals surface area contributed by atoms with Gasteiger partial charge in [0, 0.05) is 5.56 Å². The highest BCUT2D eigenvalue weighted by Crippen LogP contribution is 2.28. The summed E-state index contributed by atoms with van der Waals surface area (Å²) in [4.78, 5) is 10.2. The number of aromatic carboxylic acids is 1. The molecule has 0 atom stereocenters.